The summed E-state index contributed by atoms with van der Waals surface area (Å²) in [7, 11) is 0. The van der Waals surface area contributed by atoms with Crippen LogP contribution >= 0.6 is 0 Å². The molecular formula is C21H21N3O3. The molecule has 1 N–H and O–H groups in total. The summed E-state index contributed by atoms with van der Waals surface area (Å²) in [6.45, 7) is 2.10. The number of ether oxygens (including phenoxy) is 1. The zero-order chi connectivity index (χ0) is 18.7. The molecule has 0 unspecified atom stereocenters. The maximum atomic E-state index is 12.0. The minimum atomic E-state index is -1.19. The van der Waals surface area contributed by atoms with E-state index in [9.17, 15) is 9.90 Å². The molecule has 1 saturated heterocycles. The molecule has 0 atom stereocenters. The van der Waals surface area contributed by atoms with Crippen molar-refractivity contribution in [3.05, 3.63) is 66.6 Å². The summed E-state index contributed by atoms with van der Waals surface area (Å²) in [5.41, 5.74) is 0.796. The Morgan fingerprint density at radius 3 is 2.70 bits per heavy atom. The maximum absolute atomic E-state index is 12.0. The van der Waals surface area contributed by atoms with Gasteiger partial charge in [0.1, 0.15) is 5.75 Å². The zero-order valence-electron chi connectivity index (χ0n) is 14.9. The molecule has 0 aliphatic carbocycles. The van der Waals surface area contributed by atoms with E-state index in [0.717, 1.165) is 23.0 Å². The molecule has 0 bridgehead atoms. The number of aliphatic carboxylic acids is 1. The fourth-order valence-electron chi connectivity index (χ4n) is 3.52. The second-order valence-corrected chi connectivity index (χ2v) is 6.90. The number of carbonyl (C=O) groups is 1. The zero-order valence-corrected chi connectivity index (χ0v) is 14.9. The monoisotopic (exact) mass is 363 g/mol. The van der Waals surface area contributed by atoms with Gasteiger partial charge in [0.15, 0.2) is 0 Å². The predicted octanol–water partition coefficient (Wildman–Crippen LogP) is 3.13. The van der Waals surface area contributed by atoms with Gasteiger partial charge < -0.3 is 9.84 Å². The molecule has 1 aliphatic rings. The van der Waals surface area contributed by atoms with Crippen LogP contribution in [0, 0.1) is 0 Å². The highest BCUT2D eigenvalue weighted by Gasteiger charge is 2.44. The van der Waals surface area contributed by atoms with Crippen LogP contribution in [0.1, 0.15) is 18.4 Å². The fourth-order valence-corrected chi connectivity index (χ4v) is 3.52. The summed E-state index contributed by atoms with van der Waals surface area (Å²) < 4.78 is 6.04. The molecule has 0 radical (unpaired) electrons. The smallest absolute Gasteiger partial charge is 0.348 e. The van der Waals surface area contributed by atoms with Crippen molar-refractivity contribution in [1.29, 1.82) is 0 Å². The largest absolute Gasteiger partial charge is 0.478 e. The first-order valence-corrected chi connectivity index (χ1v) is 9.03. The number of rotatable bonds is 5. The highest BCUT2D eigenvalue weighted by atomic mass is 16.5. The number of carboxylic acid groups (broad SMARTS) is 1. The third-order valence-corrected chi connectivity index (χ3v) is 5.07. The van der Waals surface area contributed by atoms with Gasteiger partial charge in [0, 0.05) is 56.5 Å². The average molecular weight is 363 g/mol. The van der Waals surface area contributed by atoms with Gasteiger partial charge in [0.2, 0.25) is 5.60 Å². The molecule has 138 valence electrons. The molecule has 27 heavy (non-hydrogen) atoms. The van der Waals surface area contributed by atoms with Crippen LogP contribution in [0.5, 0.6) is 5.75 Å². The number of carboxylic acids is 1. The van der Waals surface area contributed by atoms with E-state index < -0.39 is 11.6 Å². The molecule has 3 heterocycles. The Kier molecular flexibility index (Phi) is 4.73. The number of nitrogens with zero attached hydrogens (tertiary/aromatic N) is 3. The summed E-state index contributed by atoms with van der Waals surface area (Å²) in [6.07, 6.45) is 6.21. The second-order valence-electron chi connectivity index (χ2n) is 6.90. The molecule has 6 nitrogen and oxygen atoms in total. The number of aromatic nitrogens is 2. The topological polar surface area (TPSA) is 75.6 Å². The molecule has 1 fully saturated rings. The molecule has 0 amide bonds. The van der Waals surface area contributed by atoms with Gasteiger partial charge in [-0.1, -0.05) is 12.1 Å². The standard InChI is InChI=1S/C21H21N3O3/c25-20(26)21(27-18-5-6-19-17(13-18)4-2-10-23-19)7-11-24(12-8-21)15-16-3-1-9-22-14-16/h1-6,9-10,13-14H,7-8,11-12,15H2,(H,25,26). The Hall–Kier alpha value is -2.99. The second kappa shape index (κ2) is 7.32. The Morgan fingerprint density at radius 1 is 1.15 bits per heavy atom. The highest BCUT2D eigenvalue weighted by molar-refractivity contribution is 5.81. The lowest BCUT2D eigenvalue weighted by molar-refractivity contribution is -0.159. The van der Waals surface area contributed by atoms with Crippen LogP contribution in [0.3, 0.4) is 0 Å². The molecular weight excluding hydrogens is 342 g/mol. The number of likely N-dealkylation sites (tertiary alicyclic amines) is 1. The summed E-state index contributed by atoms with van der Waals surface area (Å²) >= 11 is 0. The number of hydrogen-bond donors (Lipinski definition) is 1. The fraction of sp³-hybridized carbons (Fsp3) is 0.286. The lowest BCUT2D eigenvalue weighted by atomic mass is 9.90. The van der Waals surface area contributed by atoms with Gasteiger partial charge in [-0.2, -0.15) is 0 Å². The van der Waals surface area contributed by atoms with Crippen molar-refractivity contribution >= 4 is 16.9 Å². The van der Waals surface area contributed by atoms with E-state index in [1.54, 1.807) is 18.5 Å². The number of hydrogen-bond acceptors (Lipinski definition) is 5. The van der Waals surface area contributed by atoms with Gasteiger partial charge in [0.05, 0.1) is 5.52 Å². The lowest BCUT2D eigenvalue weighted by Crippen LogP contribution is -2.53. The Labute approximate surface area is 157 Å². The molecule has 2 aromatic heterocycles. The SMILES string of the molecule is O=C(O)C1(Oc2ccc3ncccc3c2)CCN(Cc2cccnc2)CC1. The van der Waals surface area contributed by atoms with Crippen molar-refractivity contribution in [2.24, 2.45) is 0 Å². The van der Waals surface area contributed by atoms with E-state index in [0.29, 0.717) is 31.7 Å². The van der Waals surface area contributed by atoms with Crippen molar-refractivity contribution in [3.63, 3.8) is 0 Å². The van der Waals surface area contributed by atoms with Gasteiger partial charge in [-0.15, -0.1) is 0 Å². The first-order valence-electron chi connectivity index (χ1n) is 9.03. The van der Waals surface area contributed by atoms with Crippen LogP contribution in [0.25, 0.3) is 10.9 Å². The number of piperidine rings is 1. The van der Waals surface area contributed by atoms with E-state index in [4.69, 9.17) is 4.74 Å². The summed E-state index contributed by atoms with van der Waals surface area (Å²) in [5.74, 6) is -0.339. The van der Waals surface area contributed by atoms with E-state index in [1.165, 1.54) is 0 Å². The van der Waals surface area contributed by atoms with Crippen molar-refractivity contribution in [3.8, 4) is 5.75 Å². The maximum Gasteiger partial charge on any atom is 0.348 e. The van der Waals surface area contributed by atoms with E-state index >= 15 is 0 Å². The Morgan fingerprint density at radius 2 is 1.96 bits per heavy atom. The molecule has 6 heteroatoms. The van der Waals surface area contributed by atoms with Gasteiger partial charge in [0.25, 0.3) is 0 Å². The molecule has 0 spiro atoms. The minimum Gasteiger partial charge on any atom is -0.478 e. The minimum absolute atomic E-state index is 0.438. The molecule has 4 rings (SSSR count). The third-order valence-electron chi connectivity index (χ3n) is 5.07. The molecule has 3 aromatic rings. The van der Waals surface area contributed by atoms with Crippen LogP contribution in [-0.4, -0.2) is 44.6 Å². The van der Waals surface area contributed by atoms with Crippen molar-refractivity contribution < 1.29 is 14.6 Å². The van der Waals surface area contributed by atoms with E-state index in [1.807, 2.05) is 42.6 Å². The summed E-state index contributed by atoms with van der Waals surface area (Å²) in [5, 5.41) is 10.8. The van der Waals surface area contributed by atoms with Crippen molar-refractivity contribution in [2.45, 2.75) is 25.0 Å². The molecule has 0 saturated carbocycles. The Bertz CT molecular complexity index is 938. The van der Waals surface area contributed by atoms with Crippen molar-refractivity contribution in [1.82, 2.24) is 14.9 Å². The van der Waals surface area contributed by atoms with Crippen molar-refractivity contribution in [2.75, 3.05) is 13.1 Å². The van der Waals surface area contributed by atoms with Crippen LogP contribution in [0.15, 0.2) is 61.1 Å². The van der Waals surface area contributed by atoms with Crippen LogP contribution in [0.2, 0.25) is 0 Å². The van der Waals surface area contributed by atoms with E-state index in [-0.39, 0.29) is 0 Å². The van der Waals surface area contributed by atoms with E-state index in [2.05, 4.69) is 14.9 Å². The molecule has 1 aliphatic heterocycles. The van der Waals surface area contributed by atoms with Crippen LogP contribution in [-0.2, 0) is 11.3 Å². The summed E-state index contributed by atoms with van der Waals surface area (Å²) in [4.78, 5) is 22.7. The predicted molar refractivity (Wildman–Crippen MR) is 101 cm³/mol. The van der Waals surface area contributed by atoms with Gasteiger partial charge in [-0.05, 0) is 35.9 Å². The van der Waals surface area contributed by atoms with Crippen LogP contribution < -0.4 is 4.74 Å². The normalized spacial score (nSPS) is 16.9. The molecule has 1 aromatic carbocycles. The van der Waals surface area contributed by atoms with Gasteiger partial charge in [-0.25, -0.2) is 4.79 Å². The summed E-state index contributed by atoms with van der Waals surface area (Å²) in [6, 6.07) is 13.3. The first kappa shape index (κ1) is 17.4. The average Bonchev–Trinajstić information content (AvgIpc) is 2.70. The van der Waals surface area contributed by atoms with Gasteiger partial charge in [-0.3, -0.25) is 14.9 Å². The number of benzene rings is 1. The highest BCUT2D eigenvalue weighted by Crippen LogP contribution is 2.31. The first-order chi connectivity index (χ1) is 13.1. The lowest BCUT2D eigenvalue weighted by Gasteiger charge is -2.38. The quantitative estimate of drug-likeness (QED) is 0.751. The van der Waals surface area contributed by atoms with Crippen LogP contribution in [0.4, 0.5) is 0 Å². The third kappa shape index (κ3) is 3.75. The van der Waals surface area contributed by atoms with Gasteiger partial charge >= 0.3 is 5.97 Å². The Balaban J connectivity index is 1.48. The number of pyridine rings is 2. The number of fused-ring (bicyclic) bond motifs is 1.